The van der Waals surface area contributed by atoms with Crippen molar-refractivity contribution in [1.82, 2.24) is 0 Å². The van der Waals surface area contributed by atoms with Gasteiger partial charge in [-0.1, -0.05) is 18.2 Å². The second-order valence-electron chi connectivity index (χ2n) is 6.53. The van der Waals surface area contributed by atoms with Gasteiger partial charge in [-0.2, -0.15) is 0 Å². The number of hydrogen-bond acceptors (Lipinski definition) is 5. The average Bonchev–Trinajstić information content (AvgIpc) is 2.78. The molecule has 0 aromatic heterocycles. The highest BCUT2D eigenvalue weighted by atomic mass is 32.2. The van der Waals surface area contributed by atoms with E-state index < -0.39 is 15.4 Å². The highest BCUT2D eigenvalue weighted by Crippen LogP contribution is 2.42. The van der Waals surface area contributed by atoms with E-state index in [0.717, 1.165) is 6.26 Å². The number of carbonyl (C=O) groups is 1. The van der Waals surface area contributed by atoms with Crippen LogP contribution in [0.4, 0.5) is 5.69 Å². The van der Waals surface area contributed by atoms with Gasteiger partial charge in [0, 0.05) is 23.1 Å². The van der Waals surface area contributed by atoms with Crippen molar-refractivity contribution in [1.29, 1.82) is 0 Å². The number of anilines is 1. The van der Waals surface area contributed by atoms with Crippen molar-refractivity contribution in [3.05, 3.63) is 59.7 Å². The van der Waals surface area contributed by atoms with Gasteiger partial charge in [-0.25, -0.2) is 8.42 Å². The van der Waals surface area contributed by atoms with Gasteiger partial charge in [-0.3, -0.25) is 4.79 Å². The third-order valence-corrected chi connectivity index (χ3v) is 5.26. The van der Waals surface area contributed by atoms with Crippen molar-refractivity contribution in [3.8, 4) is 0 Å². The number of nitrogens with two attached hydrogens (primary N) is 1. The Morgan fingerprint density at radius 3 is 2.16 bits per heavy atom. The van der Waals surface area contributed by atoms with Gasteiger partial charge in [-0.05, 0) is 44.2 Å². The molecule has 2 aromatic rings. The minimum Gasteiger partial charge on any atom is -0.478 e. The molecule has 0 saturated carbocycles. The third-order valence-electron chi connectivity index (χ3n) is 4.13. The highest BCUT2D eigenvalue weighted by molar-refractivity contribution is 7.90. The Bertz CT molecular complexity index is 986. The molecule has 2 aromatic carbocycles. The van der Waals surface area contributed by atoms with Gasteiger partial charge in [0.05, 0.1) is 10.5 Å². The second kappa shape index (κ2) is 5.74. The monoisotopic (exact) mass is 357 g/mol. The SMILES string of the molecule is CC1(C)OC(c2ccc(S(C)(=O)=O)cc2)=C(c2ccccc2N)C1=O. The number of rotatable bonds is 3. The summed E-state index contributed by atoms with van der Waals surface area (Å²) in [6.45, 7) is 3.40. The molecule has 0 fully saturated rings. The summed E-state index contributed by atoms with van der Waals surface area (Å²) in [6, 6.07) is 13.4. The maximum absolute atomic E-state index is 12.9. The largest absolute Gasteiger partial charge is 0.478 e. The molecule has 0 spiro atoms. The van der Waals surface area contributed by atoms with Crippen LogP contribution in [-0.4, -0.2) is 26.1 Å². The molecule has 130 valence electrons. The number of nitrogen functional groups attached to an aromatic ring is 1. The summed E-state index contributed by atoms with van der Waals surface area (Å²) in [5.41, 5.74) is 7.18. The topological polar surface area (TPSA) is 86.5 Å². The minimum absolute atomic E-state index is 0.160. The number of ketones is 1. The maximum Gasteiger partial charge on any atom is 0.210 e. The molecule has 0 aliphatic carbocycles. The highest BCUT2D eigenvalue weighted by Gasteiger charge is 2.43. The molecule has 2 N–H and O–H groups in total. The molecule has 1 heterocycles. The summed E-state index contributed by atoms with van der Waals surface area (Å²) in [6.07, 6.45) is 1.15. The molecule has 0 amide bonds. The van der Waals surface area contributed by atoms with E-state index in [1.54, 1.807) is 44.2 Å². The van der Waals surface area contributed by atoms with Gasteiger partial charge in [0.25, 0.3) is 0 Å². The normalized spacial score (nSPS) is 16.8. The van der Waals surface area contributed by atoms with Gasteiger partial charge in [0.1, 0.15) is 5.76 Å². The predicted molar refractivity (Wildman–Crippen MR) is 97.4 cm³/mol. The number of Topliss-reactive ketones (excluding diaryl/α,β-unsaturated/α-hetero) is 1. The van der Waals surface area contributed by atoms with E-state index in [1.807, 2.05) is 6.07 Å². The average molecular weight is 357 g/mol. The summed E-state index contributed by atoms with van der Waals surface area (Å²) < 4.78 is 29.2. The maximum atomic E-state index is 12.9. The van der Waals surface area contributed by atoms with E-state index in [9.17, 15) is 13.2 Å². The van der Waals surface area contributed by atoms with E-state index >= 15 is 0 Å². The molecule has 0 atom stereocenters. The smallest absolute Gasteiger partial charge is 0.210 e. The van der Waals surface area contributed by atoms with Gasteiger partial charge in [0.2, 0.25) is 5.78 Å². The summed E-state index contributed by atoms with van der Waals surface area (Å²) in [5, 5.41) is 0. The van der Waals surface area contributed by atoms with E-state index in [-0.39, 0.29) is 10.7 Å². The molecule has 25 heavy (non-hydrogen) atoms. The third kappa shape index (κ3) is 3.05. The first kappa shape index (κ1) is 17.2. The molecule has 0 radical (unpaired) electrons. The minimum atomic E-state index is -3.29. The lowest BCUT2D eigenvalue weighted by atomic mass is 9.92. The van der Waals surface area contributed by atoms with Crippen LogP contribution in [0, 0.1) is 0 Å². The Balaban J connectivity index is 2.19. The molecule has 1 aliphatic heterocycles. The van der Waals surface area contributed by atoms with E-state index in [4.69, 9.17) is 10.5 Å². The lowest BCUT2D eigenvalue weighted by Gasteiger charge is -2.18. The molecule has 1 aliphatic rings. The fourth-order valence-electron chi connectivity index (χ4n) is 2.78. The zero-order valence-corrected chi connectivity index (χ0v) is 15.1. The van der Waals surface area contributed by atoms with Gasteiger partial charge >= 0.3 is 0 Å². The van der Waals surface area contributed by atoms with E-state index in [0.29, 0.717) is 28.1 Å². The fraction of sp³-hybridized carbons (Fsp3) is 0.211. The predicted octanol–water partition coefficient (Wildman–Crippen LogP) is 2.92. The van der Waals surface area contributed by atoms with Crippen LogP contribution in [0.25, 0.3) is 11.3 Å². The number of hydrogen-bond donors (Lipinski definition) is 1. The lowest BCUT2D eigenvalue weighted by Crippen LogP contribution is -2.29. The first-order valence-electron chi connectivity index (χ1n) is 7.75. The van der Waals surface area contributed by atoms with E-state index in [2.05, 4.69) is 0 Å². The van der Waals surface area contributed by atoms with Crippen molar-refractivity contribution >= 4 is 32.6 Å². The summed E-state index contributed by atoms with van der Waals surface area (Å²) in [5.74, 6) is 0.251. The van der Waals surface area contributed by atoms with Crippen molar-refractivity contribution in [2.45, 2.75) is 24.3 Å². The first-order valence-corrected chi connectivity index (χ1v) is 9.64. The van der Waals surface area contributed by atoms with Gasteiger partial charge in [0.15, 0.2) is 15.4 Å². The van der Waals surface area contributed by atoms with Crippen molar-refractivity contribution in [2.75, 3.05) is 12.0 Å². The molecular formula is C19H19NO4S. The van der Waals surface area contributed by atoms with Crippen LogP contribution in [0.5, 0.6) is 0 Å². The molecule has 0 saturated heterocycles. The Morgan fingerprint density at radius 2 is 1.60 bits per heavy atom. The van der Waals surface area contributed by atoms with Crippen LogP contribution in [0.2, 0.25) is 0 Å². The number of carbonyl (C=O) groups excluding carboxylic acids is 1. The van der Waals surface area contributed by atoms with Crippen molar-refractivity contribution in [3.63, 3.8) is 0 Å². The van der Waals surface area contributed by atoms with Gasteiger partial charge < -0.3 is 10.5 Å². The Hall–Kier alpha value is -2.60. The summed E-state index contributed by atoms with van der Waals surface area (Å²) in [7, 11) is -3.29. The zero-order valence-electron chi connectivity index (χ0n) is 14.2. The Labute approximate surface area is 147 Å². The number of para-hydroxylation sites is 1. The van der Waals surface area contributed by atoms with Crippen LogP contribution in [0.15, 0.2) is 53.4 Å². The molecule has 3 rings (SSSR count). The lowest BCUT2D eigenvalue weighted by molar-refractivity contribution is -0.125. The van der Waals surface area contributed by atoms with Crippen molar-refractivity contribution in [2.24, 2.45) is 0 Å². The van der Waals surface area contributed by atoms with Crippen LogP contribution >= 0.6 is 0 Å². The standard InChI is InChI=1S/C19H19NO4S/c1-19(2)18(21)16(14-6-4-5-7-15(14)20)17(24-19)12-8-10-13(11-9-12)25(3,22)23/h4-11H,20H2,1-3H3. The number of benzene rings is 2. The van der Waals surface area contributed by atoms with Crippen LogP contribution in [0.1, 0.15) is 25.0 Å². The number of sulfone groups is 1. The Morgan fingerprint density at radius 1 is 1.00 bits per heavy atom. The van der Waals surface area contributed by atoms with E-state index in [1.165, 1.54) is 12.1 Å². The molecule has 6 heteroatoms. The quantitative estimate of drug-likeness (QED) is 0.854. The summed E-state index contributed by atoms with van der Waals surface area (Å²) >= 11 is 0. The second-order valence-corrected chi connectivity index (χ2v) is 8.55. The zero-order chi connectivity index (χ0) is 18.4. The number of ether oxygens (including phenoxy) is 1. The summed E-state index contributed by atoms with van der Waals surface area (Å²) in [4.78, 5) is 13.1. The van der Waals surface area contributed by atoms with Crippen molar-refractivity contribution < 1.29 is 17.9 Å². The first-order chi connectivity index (χ1) is 11.6. The Kier molecular flexibility index (Phi) is 3.95. The fourth-order valence-corrected chi connectivity index (χ4v) is 3.41. The van der Waals surface area contributed by atoms with Crippen LogP contribution < -0.4 is 5.73 Å². The van der Waals surface area contributed by atoms with Gasteiger partial charge in [-0.15, -0.1) is 0 Å². The van der Waals surface area contributed by atoms with Crippen LogP contribution in [0.3, 0.4) is 0 Å². The molecule has 5 nitrogen and oxygen atoms in total. The molecule has 0 unspecified atom stereocenters. The molecule has 0 bridgehead atoms. The van der Waals surface area contributed by atoms with Crippen LogP contribution in [-0.2, 0) is 19.4 Å². The molecular weight excluding hydrogens is 338 g/mol.